The largest absolute Gasteiger partial charge is 0.345 e. The molecule has 0 bridgehead atoms. The standard InChI is InChI=1S/C18H21FN4O3/c1-9(2)15(17(24)22-26-8-10-3-4-10)23-7-12-13(19)6-21-16-14(12)11(5-20-16)18(23)25/h5-6,9-10,15H,3-4,7-8H2,1-2H3,(H,20,21)(H,22,24)/t15-/m1/s1. The number of amides is 2. The zero-order chi connectivity index (χ0) is 18.4. The zero-order valence-electron chi connectivity index (χ0n) is 14.7. The molecule has 1 atom stereocenters. The highest BCUT2D eigenvalue weighted by Crippen LogP contribution is 2.33. The summed E-state index contributed by atoms with van der Waals surface area (Å²) >= 11 is 0. The summed E-state index contributed by atoms with van der Waals surface area (Å²) in [5.74, 6) is -0.843. The number of aromatic amines is 1. The van der Waals surface area contributed by atoms with E-state index in [-0.39, 0.29) is 18.4 Å². The number of hydrogen-bond acceptors (Lipinski definition) is 4. The van der Waals surface area contributed by atoms with Crippen molar-refractivity contribution in [1.29, 1.82) is 0 Å². The van der Waals surface area contributed by atoms with Crippen molar-refractivity contribution in [2.75, 3.05) is 6.61 Å². The summed E-state index contributed by atoms with van der Waals surface area (Å²) in [4.78, 5) is 39.2. The van der Waals surface area contributed by atoms with Crippen molar-refractivity contribution in [3.8, 4) is 0 Å². The van der Waals surface area contributed by atoms with E-state index in [0.29, 0.717) is 34.7 Å². The topological polar surface area (TPSA) is 87.3 Å². The maximum absolute atomic E-state index is 14.3. The number of carbonyl (C=O) groups is 2. The third-order valence-corrected chi connectivity index (χ3v) is 5.00. The number of nitrogens with one attached hydrogen (secondary N) is 2. The number of hydrogen-bond donors (Lipinski definition) is 2. The Morgan fingerprint density at radius 3 is 2.96 bits per heavy atom. The van der Waals surface area contributed by atoms with E-state index in [1.165, 1.54) is 11.1 Å². The van der Waals surface area contributed by atoms with Crippen LogP contribution in [0.1, 0.15) is 42.6 Å². The molecule has 26 heavy (non-hydrogen) atoms. The van der Waals surface area contributed by atoms with Crippen LogP contribution in [0.4, 0.5) is 4.39 Å². The summed E-state index contributed by atoms with van der Waals surface area (Å²) in [5, 5.41) is 0.499. The van der Waals surface area contributed by atoms with Crippen LogP contribution in [0, 0.1) is 17.7 Å². The SMILES string of the molecule is CC(C)[C@H](C(=O)NOCC1CC1)N1Cc2c(F)cnc3[nH]cc(c23)C1=O. The number of halogens is 1. The van der Waals surface area contributed by atoms with Crippen molar-refractivity contribution >= 4 is 22.8 Å². The first-order chi connectivity index (χ1) is 12.5. The molecule has 0 radical (unpaired) electrons. The number of nitrogens with zero attached hydrogens (tertiary/aromatic N) is 2. The molecule has 8 heteroatoms. The molecule has 7 nitrogen and oxygen atoms in total. The van der Waals surface area contributed by atoms with E-state index < -0.39 is 17.8 Å². The molecule has 0 aromatic carbocycles. The second-order valence-corrected chi connectivity index (χ2v) is 7.35. The monoisotopic (exact) mass is 360 g/mol. The van der Waals surface area contributed by atoms with E-state index in [4.69, 9.17) is 4.84 Å². The third kappa shape index (κ3) is 2.84. The number of aromatic nitrogens is 2. The maximum atomic E-state index is 14.3. The molecule has 2 aromatic heterocycles. The quantitative estimate of drug-likeness (QED) is 0.773. The number of hydroxylamine groups is 1. The van der Waals surface area contributed by atoms with Crippen LogP contribution < -0.4 is 5.48 Å². The van der Waals surface area contributed by atoms with Crippen LogP contribution in [0.25, 0.3) is 11.0 Å². The van der Waals surface area contributed by atoms with Crippen LogP contribution in [-0.4, -0.2) is 39.3 Å². The first kappa shape index (κ1) is 17.0. The molecule has 138 valence electrons. The lowest BCUT2D eigenvalue weighted by Crippen LogP contribution is -2.53. The summed E-state index contributed by atoms with van der Waals surface area (Å²) in [6, 6.07) is -0.757. The fraction of sp³-hybridized carbons (Fsp3) is 0.500. The Labute approximate surface area is 149 Å². The van der Waals surface area contributed by atoms with E-state index in [1.54, 1.807) is 0 Å². The van der Waals surface area contributed by atoms with E-state index in [2.05, 4.69) is 15.4 Å². The van der Waals surface area contributed by atoms with E-state index in [1.807, 2.05) is 13.8 Å². The van der Waals surface area contributed by atoms with E-state index >= 15 is 0 Å². The predicted molar refractivity (Wildman–Crippen MR) is 91.4 cm³/mol. The summed E-state index contributed by atoms with van der Waals surface area (Å²) in [5.41, 5.74) is 3.65. The van der Waals surface area contributed by atoms with Crippen LogP contribution in [0.15, 0.2) is 12.4 Å². The highest BCUT2D eigenvalue weighted by Gasteiger charge is 2.38. The Morgan fingerprint density at radius 2 is 2.27 bits per heavy atom. The number of rotatable bonds is 6. The third-order valence-electron chi connectivity index (χ3n) is 5.00. The van der Waals surface area contributed by atoms with Crippen molar-refractivity contribution in [1.82, 2.24) is 20.3 Å². The molecule has 4 rings (SSSR count). The van der Waals surface area contributed by atoms with Crippen LogP contribution in [0.5, 0.6) is 0 Å². The molecular formula is C18H21FN4O3. The summed E-state index contributed by atoms with van der Waals surface area (Å²) in [6.45, 7) is 4.20. The van der Waals surface area contributed by atoms with Crippen LogP contribution in [0.2, 0.25) is 0 Å². The van der Waals surface area contributed by atoms with Gasteiger partial charge in [0.25, 0.3) is 11.8 Å². The lowest BCUT2D eigenvalue weighted by molar-refractivity contribution is -0.140. The minimum Gasteiger partial charge on any atom is -0.345 e. The van der Waals surface area contributed by atoms with Gasteiger partial charge in [0, 0.05) is 17.1 Å². The van der Waals surface area contributed by atoms with Crippen LogP contribution in [-0.2, 0) is 16.2 Å². The maximum Gasteiger partial charge on any atom is 0.266 e. The van der Waals surface area contributed by atoms with Gasteiger partial charge >= 0.3 is 0 Å². The first-order valence-electron chi connectivity index (χ1n) is 8.84. The Bertz CT molecular complexity index is 875. The second kappa shape index (κ2) is 6.35. The molecule has 1 aliphatic heterocycles. The molecule has 2 amide bonds. The Morgan fingerprint density at radius 1 is 1.50 bits per heavy atom. The van der Waals surface area contributed by atoms with Gasteiger partial charge in [-0.2, -0.15) is 0 Å². The summed E-state index contributed by atoms with van der Waals surface area (Å²) < 4.78 is 14.3. The molecule has 2 N–H and O–H groups in total. The van der Waals surface area contributed by atoms with Gasteiger partial charge in [-0.1, -0.05) is 13.8 Å². The Balaban J connectivity index is 1.61. The Hall–Kier alpha value is -2.48. The molecule has 0 spiro atoms. The molecular weight excluding hydrogens is 339 g/mol. The summed E-state index contributed by atoms with van der Waals surface area (Å²) in [7, 11) is 0. The molecule has 0 unspecified atom stereocenters. The minimum absolute atomic E-state index is 0.0213. The normalized spacial score (nSPS) is 17.8. The fourth-order valence-corrected chi connectivity index (χ4v) is 3.46. The van der Waals surface area contributed by atoms with Gasteiger partial charge in [-0.3, -0.25) is 14.4 Å². The van der Waals surface area contributed by atoms with Gasteiger partial charge in [0.05, 0.1) is 24.9 Å². The molecule has 3 heterocycles. The van der Waals surface area contributed by atoms with Crippen molar-refractivity contribution < 1.29 is 18.8 Å². The lowest BCUT2D eigenvalue weighted by Gasteiger charge is -2.35. The van der Waals surface area contributed by atoms with Crippen molar-refractivity contribution in [3.63, 3.8) is 0 Å². The first-order valence-corrected chi connectivity index (χ1v) is 8.84. The lowest BCUT2D eigenvalue weighted by atomic mass is 9.95. The molecule has 1 saturated carbocycles. The van der Waals surface area contributed by atoms with Crippen molar-refractivity contribution in [3.05, 3.63) is 29.3 Å². The molecule has 1 fully saturated rings. The van der Waals surface area contributed by atoms with Gasteiger partial charge in [0.15, 0.2) is 0 Å². The predicted octanol–water partition coefficient (Wildman–Crippen LogP) is 2.14. The van der Waals surface area contributed by atoms with E-state index in [0.717, 1.165) is 19.0 Å². The number of H-pyrrole nitrogens is 1. The Kier molecular flexibility index (Phi) is 4.14. The molecule has 0 saturated heterocycles. The minimum atomic E-state index is -0.757. The molecule has 2 aromatic rings. The van der Waals surface area contributed by atoms with Crippen molar-refractivity contribution in [2.45, 2.75) is 39.3 Å². The highest BCUT2D eigenvalue weighted by atomic mass is 19.1. The highest BCUT2D eigenvalue weighted by molar-refractivity contribution is 6.10. The second-order valence-electron chi connectivity index (χ2n) is 7.35. The molecule has 1 aliphatic carbocycles. The van der Waals surface area contributed by atoms with Gasteiger partial charge in [-0.15, -0.1) is 0 Å². The average molecular weight is 360 g/mol. The smallest absolute Gasteiger partial charge is 0.266 e. The van der Waals surface area contributed by atoms with Crippen LogP contribution >= 0.6 is 0 Å². The van der Waals surface area contributed by atoms with Crippen molar-refractivity contribution in [2.24, 2.45) is 11.8 Å². The average Bonchev–Trinajstić information content (AvgIpc) is 3.31. The van der Waals surface area contributed by atoms with Gasteiger partial charge in [0.1, 0.15) is 17.5 Å². The van der Waals surface area contributed by atoms with Gasteiger partial charge in [0.2, 0.25) is 0 Å². The fourth-order valence-electron chi connectivity index (χ4n) is 3.46. The van der Waals surface area contributed by atoms with E-state index in [9.17, 15) is 14.0 Å². The van der Waals surface area contributed by atoms with Crippen LogP contribution in [0.3, 0.4) is 0 Å². The number of carbonyl (C=O) groups excluding carboxylic acids is 2. The molecule has 2 aliphatic rings. The van der Waals surface area contributed by atoms with Gasteiger partial charge in [-0.05, 0) is 24.7 Å². The summed E-state index contributed by atoms with van der Waals surface area (Å²) in [6.07, 6.45) is 4.88. The number of pyridine rings is 1. The van der Waals surface area contributed by atoms with Gasteiger partial charge in [-0.25, -0.2) is 14.9 Å². The van der Waals surface area contributed by atoms with Gasteiger partial charge < -0.3 is 9.88 Å². The zero-order valence-corrected chi connectivity index (χ0v) is 14.7.